The Morgan fingerprint density at radius 3 is 2.77 bits per heavy atom. The lowest BCUT2D eigenvalue weighted by Gasteiger charge is -2.20. The van der Waals surface area contributed by atoms with Crippen molar-refractivity contribution in [3.8, 4) is 11.5 Å². The van der Waals surface area contributed by atoms with Crippen molar-refractivity contribution in [3.05, 3.63) is 30.1 Å². The third kappa shape index (κ3) is 5.06. The second kappa shape index (κ2) is 9.08. The number of hydrogen-bond acceptors (Lipinski definition) is 8. The molecule has 2 aromatic rings. The van der Waals surface area contributed by atoms with Gasteiger partial charge < -0.3 is 35.2 Å². The number of aromatic nitrogens is 3. The zero-order valence-electron chi connectivity index (χ0n) is 17.6. The minimum Gasteiger partial charge on any atom is -0.486 e. The fraction of sp³-hybridized carbons (Fsp3) is 0.550. The Morgan fingerprint density at radius 2 is 2.00 bits per heavy atom. The number of amides is 2. The first-order valence-corrected chi connectivity index (χ1v) is 10.3. The van der Waals surface area contributed by atoms with Crippen molar-refractivity contribution in [2.75, 3.05) is 32.6 Å². The lowest BCUT2D eigenvalue weighted by molar-refractivity contribution is 0.00878. The van der Waals surface area contributed by atoms with Crippen molar-refractivity contribution in [2.45, 2.75) is 37.8 Å². The molecule has 0 bridgehead atoms. The predicted molar refractivity (Wildman–Crippen MR) is 111 cm³/mol. The molecule has 168 valence electrons. The minimum atomic E-state index is -1.07. The van der Waals surface area contributed by atoms with E-state index in [-0.39, 0.29) is 5.92 Å². The zero-order valence-corrected chi connectivity index (χ0v) is 17.6. The lowest BCUT2D eigenvalue weighted by atomic mass is 10.1. The molecule has 1 aromatic heterocycles. The lowest BCUT2D eigenvalue weighted by Crippen LogP contribution is -2.44. The van der Waals surface area contributed by atoms with Crippen LogP contribution in [0.2, 0.25) is 0 Å². The molecule has 4 atom stereocenters. The van der Waals surface area contributed by atoms with Crippen LogP contribution in [0.3, 0.4) is 0 Å². The maximum absolute atomic E-state index is 12.4. The summed E-state index contributed by atoms with van der Waals surface area (Å²) in [4.78, 5) is 14.4. The standard InChI is InChI=1S/C20H28N6O5/c1-25(2)10-14-11-26(24-23-14)9-12-7-15(19(28)18(12)27)22-20(29)21-13-3-4-16-17(8-13)31-6-5-30-16/h3-4,8,11-12,15,18-19,27-28H,5-7,9-10H2,1-2H3,(H2,21,22,29)/t12-,15-,18-,19+/m1/s1. The van der Waals surface area contributed by atoms with Gasteiger partial charge in [0.1, 0.15) is 19.3 Å². The van der Waals surface area contributed by atoms with E-state index in [9.17, 15) is 15.0 Å². The third-order valence-corrected chi connectivity index (χ3v) is 5.40. The molecule has 2 heterocycles. The maximum Gasteiger partial charge on any atom is 0.319 e. The van der Waals surface area contributed by atoms with Crippen LogP contribution in [0, 0.1) is 5.92 Å². The summed E-state index contributed by atoms with van der Waals surface area (Å²) >= 11 is 0. The number of benzene rings is 1. The molecule has 1 aromatic carbocycles. The second-order valence-electron chi connectivity index (χ2n) is 8.21. The highest BCUT2D eigenvalue weighted by molar-refractivity contribution is 5.90. The van der Waals surface area contributed by atoms with Gasteiger partial charge in [-0.3, -0.25) is 4.68 Å². The van der Waals surface area contributed by atoms with Gasteiger partial charge in [-0.05, 0) is 32.6 Å². The molecule has 31 heavy (non-hydrogen) atoms. The summed E-state index contributed by atoms with van der Waals surface area (Å²) in [6.07, 6.45) is 0.204. The number of nitrogens with one attached hydrogen (secondary N) is 2. The second-order valence-corrected chi connectivity index (χ2v) is 8.21. The van der Waals surface area contributed by atoms with E-state index in [2.05, 4.69) is 20.9 Å². The van der Waals surface area contributed by atoms with Crippen LogP contribution < -0.4 is 20.1 Å². The first-order valence-electron chi connectivity index (χ1n) is 10.3. The first-order chi connectivity index (χ1) is 14.9. The summed E-state index contributed by atoms with van der Waals surface area (Å²) in [5.74, 6) is 0.946. The number of ether oxygens (including phenoxy) is 2. The molecular weight excluding hydrogens is 404 g/mol. The SMILES string of the molecule is CN(C)Cc1cn(C[C@H]2C[C@@H](NC(=O)Nc3ccc4c(c3)OCCO4)[C@H](O)[C@@H]2O)nn1. The molecule has 0 unspecified atom stereocenters. The van der Waals surface area contributed by atoms with Crippen LogP contribution in [0.25, 0.3) is 0 Å². The largest absolute Gasteiger partial charge is 0.486 e. The smallest absolute Gasteiger partial charge is 0.319 e. The van der Waals surface area contributed by atoms with Gasteiger partial charge in [-0.15, -0.1) is 5.10 Å². The van der Waals surface area contributed by atoms with Crippen LogP contribution in [0.4, 0.5) is 10.5 Å². The van der Waals surface area contributed by atoms with Crippen molar-refractivity contribution in [3.63, 3.8) is 0 Å². The summed E-state index contributed by atoms with van der Waals surface area (Å²) in [7, 11) is 3.89. The van der Waals surface area contributed by atoms with E-state index in [1.807, 2.05) is 25.2 Å². The number of carbonyl (C=O) groups excluding carboxylic acids is 1. The van der Waals surface area contributed by atoms with Gasteiger partial charge >= 0.3 is 6.03 Å². The molecule has 0 spiro atoms. The van der Waals surface area contributed by atoms with Crippen LogP contribution in [0.15, 0.2) is 24.4 Å². The molecular formula is C20H28N6O5. The molecule has 2 aliphatic rings. The van der Waals surface area contributed by atoms with Crippen molar-refractivity contribution in [1.29, 1.82) is 0 Å². The average molecular weight is 432 g/mol. The summed E-state index contributed by atoms with van der Waals surface area (Å²) < 4.78 is 12.7. The number of fused-ring (bicyclic) bond motifs is 1. The van der Waals surface area contributed by atoms with Crippen LogP contribution in [-0.2, 0) is 13.1 Å². The summed E-state index contributed by atoms with van der Waals surface area (Å²) in [6, 6.07) is 4.08. The Hall–Kier alpha value is -2.89. The van der Waals surface area contributed by atoms with Crippen molar-refractivity contribution in [2.24, 2.45) is 5.92 Å². The first kappa shape index (κ1) is 21.3. The topological polar surface area (TPSA) is 134 Å². The van der Waals surface area contributed by atoms with Crippen LogP contribution in [0.1, 0.15) is 12.1 Å². The molecule has 1 fully saturated rings. The van der Waals surface area contributed by atoms with E-state index in [0.29, 0.717) is 49.9 Å². The van der Waals surface area contributed by atoms with Gasteiger partial charge in [-0.2, -0.15) is 0 Å². The Labute approximate surface area is 179 Å². The van der Waals surface area contributed by atoms with Crippen molar-refractivity contribution >= 4 is 11.7 Å². The van der Waals surface area contributed by atoms with E-state index >= 15 is 0 Å². The fourth-order valence-corrected chi connectivity index (χ4v) is 3.97. The maximum atomic E-state index is 12.4. The average Bonchev–Trinajstić information content (AvgIpc) is 3.27. The van der Waals surface area contributed by atoms with Crippen molar-refractivity contribution < 1.29 is 24.5 Å². The van der Waals surface area contributed by atoms with Gasteiger partial charge in [-0.1, -0.05) is 5.21 Å². The van der Waals surface area contributed by atoms with Crippen molar-refractivity contribution in [1.82, 2.24) is 25.2 Å². The molecule has 11 nitrogen and oxygen atoms in total. The van der Waals surface area contributed by atoms with E-state index in [1.165, 1.54) is 0 Å². The predicted octanol–water partition coefficient (Wildman–Crippen LogP) is 0.0429. The quantitative estimate of drug-likeness (QED) is 0.503. The zero-order chi connectivity index (χ0) is 22.0. The number of aliphatic hydroxyl groups excluding tert-OH is 2. The molecule has 0 saturated heterocycles. The monoisotopic (exact) mass is 432 g/mol. The Bertz CT molecular complexity index is 919. The van der Waals surface area contributed by atoms with Gasteiger partial charge in [0.25, 0.3) is 0 Å². The number of urea groups is 1. The highest BCUT2D eigenvalue weighted by atomic mass is 16.6. The van der Waals surface area contributed by atoms with E-state index in [1.54, 1.807) is 22.9 Å². The summed E-state index contributed by atoms with van der Waals surface area (Å²) in [6.45, 7) is 2.02. The molecule has 4 N–H and O–H groups in total. The molecule has 1 aliphatic heterocycles. The highest BCUT2D eigenvalue weighted by Crippen LogP contribution is 2.33. The van der Waals surface area contributed by atoms with Crippen LogP contribution in [-0.4, -0.2) is 81.7 Å². The van der Waals surface area contributed by atoms with Crippen LogP contribution in [0.5, 0.6) is 11.5 Å². The number of anilines is 1. The van der Waals surface area contributed by atoms with E-state index in [4.69, 9.17) is 9.47 Å². The van der Waals surface area contributed by atoms with E-state index in [0.717, 1.165) is 5.69 Å². The highest BCUT2D eigenvalue weighted by Gasteiger charge is 2.42. The van der Waals surface area contributed by atoms with Gasteiger partial charge in [-0.25, -0.2) is 4.79 Å². The minimum absolute atomic E-state index is 0.261. The number of nitrogens with zero attached hydrogens (tertiary/aromatic N) is 4. The summed E-state index contributed by atoms with van der Waals surface area (Å²) in [5.41, 5.74) is 1.37. The fourth-order valence-electron chi connectivity index (χ4n) is 3.97. The normalized spacial score (nSPS) is 24.9. The molecule has 4 rings (SSSR count). The number of rotatable bonds is 6. The molecule has 1 aliphatic carbocycles. The summed E-state index contributed by atoms with van der Waals surface area (Å²) in [5, 5.41) is 34.6. The molecule has 0 radical (unpaired) electrons. The van der Waals surface area contributed by atoms with Gasteiger partial charge in [0.2, 0.25) is 0 Å². The third-order valence-electron chi connectivity index (χ3n) is 5.40. The Kier molecular flexibility index (Phi) is 6.25. The number of aliphatic hydroxyl groups is 2. The van der Waals surface area contributed by atoms with Crippen LogP contribution >= 0.6 is 0 Å². The molecule has 2 amide bonds. The molecule has 1 saturated carbocycles. The number of hydrogen-bond donors (Lipinski definition) is 4. The Balaban J connectivity index is 1.32. The Morgan fingerprint density at radius 1 is 1.23 bits per heavy atom. The van der Waals surface area contributed by atoms with Gasteiger partial charge in [0.15, 0.2) is 11.5 Å². The van der Waals surface area contributed by atoms with Gasteiger partial charge in [0.05, 0.1) is 17.8 Å². The number of carbonyl (C=O) groups is 1. The molecule has 11 heteroatoms. The van der Waals surface area contributed by atoms with Gasteiger partial charge in [0, 0.05) is 37.0 Å². The van der Waals surface area contributed by atoms with E-state index < -0.39 is 24.3 Å².